The van der Waals surface area contributed by atoms with Crippen LogP contribution in [0.3, 0.4) is 0 Å². The van der Waals surface area contributed by atoms with Crippen molar-refractivity contribution in [1.82, 2.24) is 4.57 Å². The van der Waals surface area contributed by atoms with Gasteiger partial charge in [0.05, 0.1) is 21.2 Å². The van der Waals surface area contributed by atoms with Gasteiger partial charge in [-0.2, -0.15) is 9.65 Å². The predicted molar refractivity (Wildman–Crippen MR) is 89.6 cm³/mol. The number of thioether (sulfide) groups is 1. The molecular weight excluding hydrogens is 445 g/mol. The van der Waals surface area contributed by atoms with E-state index in [0.717, 1.165) is 0 Å². The summed E-state index contributed by atoms with van der Waals surface area (Å²) < 4.78 is 12.9. The van der Waals surface area contributed by atoms with E-state index in [2.05, 4.69) is 15.9 Å². The molecule has 0 saturated heterocycles. The minimum atomic E-state index is -2.55. The summed E-state index contributed by atoms with van der Waals surface area (Å²) in [6.07, 6.45) is 1.50. The Hall–Kier alpha value is -0.0900. The summed E-state index contributed by atoms with van der Waals surface area (Å²) in [7, 11) is 0. The second-order valence-electron chi connectivity index (χ2n) is 3.79. The Morgan fingerprint density at radius 3 is 2.52 bits per heavy atom. The molecule has 0 radical (unpaired) electrons. The Morgan fingerprint density at radius 1 is 1.33 bits per heavy atom. The van der Waals surface area contributed by atoms with E-state index in [9.17, 15) is 4.39 Å². The topological polar surface area (TPSA) is 28.7 Å². The summed E-state index contributed by atoms with van der Waals surface area (Å²) in [5.74, 6) is 0. The van der Waals surface area contributed by atoms with Crippen molar-refractivity contribution >= 4 is 74.1 Å². The Kier molecular flexibility index (Phi) is 5.40. The first-order chi connectivity index (χ1) is 9.73. The second-order valence-corrected chi connectivity index (χ2v) is 8.24. The molecule has 0 N–H and O–H groups in total. The molecule has 110 valence electrons. The number of benzene rings is 1. The lowest BCUT2D eigenvalue weighted by molar-refractivity contribution is 0.515. The van der Waals surface area contributed by atoms with Crippen LogP contribution in [0.25, 0.3) is 5.69 Å². The van der Waals surface area contributed by atoms with Crippen molar-refractivity contribution in [3.8, 4) is 11.8 Å². The molecular formula is C12H4BrCl4FN2S. The lowest BCUT2D eigenvalue weighted by Crippen LogP contribution is -1.97. The van der Waals surface area contributed by atoms with E-state index < -0.39 is 3.92 Å². The quantitative estimate of drug-likeness (QED) is 0.392. The van der Waals surface area contributed by atoms with Crippen LogP contribution in [0, 0.1) is 11.3 Å². The summed E-state index contributed by atoms with van der Waals surface area (Å²) in [5, 5.41) is 10.0. The van der Waals surface area contributed by atoms with Crippen molar-refractivity contribution in [3.05, 3.63) is 44.6 Å². The molecule has 0 saturated carbocycles. The molecule has 0 aliphatic rings. The molecule has 1 heterocycles. The monoisotopic (exact) mass is 446 g/mol. The van der Waals surface area contributed by atoms with Crippen LogP contribution in [0.2, 0.25) is 10.0 Å². The van der Waals surface area contributed by atoms with Crippen molar-refractivity contribution in [1.29, 1.82) is 5.26 Å². The molecule has 0 bridgehead atoms. The second kappa shape index (κ2) is 6.57. The van der Waals surface area contributed by atoms with E-state index in [1.54, 1.807) is 22.8 Å². The average Bonchev–Trinajstić information content (AvgIpc) is 2.65. The summed E-state index contributed by atoms with van der Waals surface area (Å²) >= 11 is 26.5. The highest BCUT2D eigenvalue weighted by Crippen LogP contribution is 2.46. The molecule has 0 aliphatic carbocycles. The van der Waals surface area contributed by atoms with Gasteiger partial charge in [0, 0.05) is 11.2 Å². The van der Waals surface area contributed by atoms with E-state index in [0.29, 0.717) is 32.1 Å². The Morgan fingerprint density at radius 2 is 2.00 bits per heavy atom. The van der Waals surface area contributed by atoms with Gasteiger partial charge < -0.3 is 4.57 Å². The number of halogens is 6. The first kappa shape index (κ1) is 17.3. The molecule has 1 aromatic heterocycles. The molecule has 0 atom stereocenters. The molecule has 21 heavy (non-hydrogen) atoms. The van der Waals surface area contributed by atoms with E-state index in [1.807, 2.05) is 6.07 Å². The van der Waals surface area contributed by atoms with Crippen LogP contribution >= 0.6 is 74.1 Å². The molecule has 2 aromatic rings. The van der Waals surface area contributed by atoms with Gasteiger partial charge in [-0.1, -0.05) is 46.4 Å². The fraction of sp³-hybridized carbons (Fsp3) is 0.0833. The number of nitrogens with zero attached hydrogens (tertiary/aromatic N) is 2. The van der Waals surface area contributed by atoms with Gasteiger partial charge in [0.1, 0.15) is 10.7 Å². The van der Waals surface area contributed by atoms with E-state index >= 15 is 0 Å². The van der Waals surface area contributed by atoms with Crippen LogP contribution in [0.5, 0.6) is 0 Å². The van der Waals surface area contributed by atoms with Crippen molar-refractivity contribution in [2.75, 3.05) is 0 Å². The first-order valence-electron chi connectivity index (χ1n) is 5.25. The average molecular weight is 449 g/mol. The lowest BCUT2D eigenvalue weighted by Gasteiger charge is -2.10. The number of aromatic nitrogens is 1. The fourth-order valence-corrected chi connectivity index (χ4v) is 3.94. The van der Waals surface area contributed by atoms with Gasteiger partial charge in [-0.05, 0) is 45.9 Å². The highest BCUT2D eigenvalue weighted by atomic mass is 79.9. The smallest absolute Gasteiger partial charge is 0.307 e. The lowest BCUT2D eigenvalue weighted by atomic mass is 10.3. The number of hydrogen-bond acceptors (Lipinski definition) is 2. The van der Waals surface area contributed by atoms with Gasteiger partial charge in [0.15, 0.2) is 0 Å². The van der Waals surface area contributed by atoms with E-state index in [1.165, 1.54) is 6.20 Å². The molecule has 0 fully saturated rings. The molecule has 0 aliphatic heterocycles. The van der Waals surface area contributed by atoms with Crippen molar-refractivity contribution in [2.45, 2.75) is 8.81 Å². The van der Waals surface area contributed by atoms with Crippen molar-refractivity contribution < 1.29 is 4.39 Å². The minimum Gasteiger partial charge on any atom is -0.307 e. The molecule has 1 aromatic carbocycles. The summed E-state index contributed by atoms with van der Waals surface area (Å²) in [6.45, 7) is 0. The van der Waals surface area contributed by atoms with Gasteiger partial charge in [-0.3, -0.25) is 0 Å². The van der Waals surface area contributed by atoms with E-state index in [4.69, 9.17) is 51.7 Å². The SMILES string of the molecule is N#Cc1cn(-c2ccc(Cl)cc2Cl)c(Br)c1SC(F)(Cl)Cl. The Labute approximate surface area is 152 Å². The third kappa shape index (κ3) is 4.01. The highest BCUT2D eigenvalue weighted by molar-refractivity contribution is 9.10. The maximum Gasteiger partial charge on any atom is 0.309 e. The Balaban J connectivity index is 2.59. The molecule has 0 spiro atoms. The highest BCUT2D eigenvalue weighted by Gasteiger charge is 2.29. The fourth-order valence-electron chi connectivity index (χ4n) is 1.61. The molecule has 0 amide bonds. The zero-order valence-electron chi connectivity index (χ0n) is 9.88. The van der Waals surface area contributed by atoms with Gasteiger partial charge in [-0.25, -0.2) is 0 Å². The van der Waals surface area contributed by atoms with Crippen LogP contribution in [0.4, 0.5) is 4.39 Å². The maximum absolute atomic E-state index is 13.4. The van der Waals surface area contributed by atoms with Crippen molar-refractivity contribution in [2.24, 2.45) is 0 Å². The summed E-state index contributed by atoms with van der Waals surface area (Å²) in [4.78, 5) is 0.274. The third-order valence-electron chi connectivity index (χ3n) is 2.41. The van der Waals surface area contributed by atoms with Crippen molar-refractivity contribution in [3.63, 3.8) is 0 Å². The minimum absolute atomic E-state index is 0.209. The summed E-state index contributed by atoms with van der Waals surface area (Å²) in [6, 6.07) is 6.84. The first-order valence-corrected chi connectivity index (χ1v) is 8.37. The maximum atomic E-state index is 13.4. The van der Waals surface area contributed by atoms with Crippen LogP contribution in [-0.2, 0) is 0 Å². The van der Waals surface area contributed by atoms with Crippen LogP contribution in [0.1, 0.15) is 5.56 Å². The molecule has 0 unspecified atom stereocenters. The molecule has 9 heteroatoms. The number of alkyl halides is 3. The summed E-state index contributed by atoms with van der Waals surface area (Å²) in [5.41, 5.74) is 0.783. The van der Waals surface area contributed by atoms with Crippen LogP contribution in [-0.4, -0.2) is 8.49 Å². The number of rotatable bonds is 3. The predicted octanol–water partition coefficient (Wildman–Crippen LogP) is 6.57. The van der Waals surface area contributed by atoms with Gasteiger partial charge in [0.25, 0.3) is 0 Å². The van der Waals surface area contributed by atoms with Gasteiger partial charge >= 0.3 is 3.92 Å². The molecule has 2 rings (SSSR count). The van der Waals surface area contributed by atoms with E-state index in [-0.39, 0.29) is 10.5 Å². The van der Waals surface area contributed by atoms with Crippen LogP contribution in [0.15, 0.2) is 33.9 Å². The van der Waals surface area contributed by atoms with Crippen LogP contribution < -0.4 is 0 Å². The van der Waals surface area contributed by atoms with Gasteiger partial charge in [0.2, 0.25) is 0 Å². The number of nitriles is 1. The zero-order chi connectivity index (χ0) is 15.8. The number of hydrogen-bond donors (Lipinski definition) is 0. The third-order valence-corrected chi connectivity index (χ3v) is 5.30. The Bertz CT molecular complexity index is 736. The largest absolute Gasteiger partial charge is 0.309 e. The zero-order valence-corrected chi connectivity index (χ0v) is 15.3. The normalized spacial score (nSPS) is 11.5. The molecule has 2 nitrogen and oxygen atoms in total. The van der Waals surface area contributed by atoms with Gasteiger partial charge in [-0.15, -0.1) is 0 Å². The standard InChI is InChI=1S/C12H4BrCl4FN2S/c13-11-10(21-12(16,17)18)6(4-19)5-20(11)9-2-1-7(14)3-8(9)15/h1-3,5H.